The van der Waals surface area contributed by atoms with Crippen LogP contribution in [0.5, 0.6) is 0 Å². The molecule has 1 aliphatic carbocycles. The lowest BCUT2D eigenvalue weighted by Gasteiger charge is -2.36. The number of hydrogen-bond acceptors (Lipinski definition) is 2. The molecule has 0 amide bonds. The number of fused-ring (bicyclic) bond motifs is 1. The minimum absolute atomic E-state index is 0.311. The van der Waals surface area contributed by atoms with Gasteiger partial charge in [0.05, 0.1) is 23.5 Å². The second-order valence-corrected chi connectivity index (χ2v) is 6.69. The summed E-state index contributed by atoms with van der Waals surface area (Å²) in [5.74, 6) is 0.907. The largest absolute Gasteiger partial charge is 0.327 e. The van der Waals surface area contributed by atoms with Crippen molar-refractivity contribution in [3.05, 3.63) is 30.1 Å². The Hall–Kier alpha value is -1.34. The molecule has 0 atom stereocenters. The molecule has 110 valence electrons. The van der Waals surface area contributed by atoms with Gasteiger partial charge in [0.25, 0.3) is 0 Å². The Morgan fingerprint density at radius 1 is 1.24 bits per heavy atom. The number of rotatable bonds is 4. The van der Waals surface area contributed by atoms with E-state index in [1.165, 1.54) is 32.1 Å². The molecule has 0 spiro atoms. The van der Waals surface area contributed by atoms with Crippen LogP contribution in [-0.2, 0) is 13.0 Å². The summed E-state index contributed by atoms with van der Waals surface area (Å²) in [6.07, 6.45) is 6.88. The van der Waals surface area contributed by atoms with E-state index in [0.717, 1.165) is 28.7 Å². The topological polar surface area (TPSA) is 41.6 Å². The van der Waals surface area contributed by atoms with Gasteiger partial charge in [-0.05, 0) is 30.4 Å². The minimum Gasteiger partial charge on any atom is -0.327 e. The molecule has 0 unspecified atom stereocenters. The average molecular weight is 346 g/mol. The first-order valence-corrected chi connectivity index (χ1v) is 8.77. The number of hydrogen-bond donors (Lipinski definition) is 0. The number of halogens is 1. The minimum atomic E-state index is 0.311. The third-order valence-corrected chi connectivity index (χ3v) is 5.85. The molecule has 1 saturated carbocycles. The molecule has 0 radical (unpaired) electrons. The van der Waals surface area contributed by atoms with Crippen molar-refractivity contribution in [1.82, 2.24) is 9.55 Å². The van der Waals surface area contributed by atoms with Crippen molar-refractivity contribution in [2.45, 2.75) is 45.1 Å². The molecular formula is C17H20BrN3. The van der Waals surface area contributed by atoms with Crippen LogP contribution in [0.25, 0.3) is 11.0 Å². The van der Waals surface area contributed by atoms with Crippen LogP contribution in [-0.4, -0.2) is 14.9 Å². The highest BCUT2D eigenvalue weighted by Crippen LogP contribution is 2.40. The number of alkyl halides is 1. The molecule has 4 heteroatoms. The van der Waals surface area contributed by atoms with E-state index in [1.54, 1.807) is 0 Å². The van der Waals surface area contributed by atoms with Crippen LogP contribution < -0.4 is 0 Å². The van der Waals surface area contributed by atoms with Crippen LogP contribution >= 0.6 is 15.9 Å². The molecule has 2 aromatic rings. The normalized spacial score (nSPS) is 17.7. The van der Waals surface area contributed by atoms with Gasteiger partial charge in [-0.3, -0.25) is 0 Å². The van der Waals surface area contributed by atoms with Crippen molar-refractivity contribution in [3.8, 4) is 6.07 Å². The quantitative estimate of drug-likeness (QED) is 0.768. The maximum atomic E-state index is 9.08. The fraction of sp³-hybridized carbons (Fsp3) is 0.529. The molecule has 0 saturated heterocycles. The van der Waals surface area contributed by atoms with Gasteiger partial charge in [0.1, 0.15) is 5.82 Å². The zero-order valence-corrected chi connectivity index (χ0v) is 13.8. The summed E-state index contributed by atoms with van der Waals surface area (Å²) in [5, 5.41) is 10.1. The van der Waals surface area contributed by atoms with Gasteiger partial charge >= 0.3 is 0 Å². The zero-order chi connectivity index (χ0) is 14.7. The zero-order valence-electron chi connectivity index (χ0n) is 12.2. The Balaban J connectivity index is 2.02. The van der Waals surface area contributed by atoms with Crippen LogP contribution in [0.4, 0.5) is 0 Å². The Bertz CT molecular complexity index is 662. The SMILES string of the molecule is N#CCc1nc2ccccc2n1CC1(CBr)CCCCC1. The van der Waals surface area contributed by atoms with Gasteiger partial charge in [-0.2, -0.15) is 5.26 Å². The number of benzene rings is 1. The smallest absolute Gasteiger partial charge is 0.124 e. The Labute approximate surface area is 134 Å². The lowest BCUT2D eigenvalue weighted by atomic mass is 9.75. The van der Waals surface area contributed by atoms with Crippen molar-refractivity contribution >= 4 is 27.0 Å². The number of para-hydroxylation sites is 2. The van der Waals surface area contributed by atoms with Crippen molar-refractivity contribution in [3.63, 3.8) is 0 Å². The van der Waals surface area contributed by atoms with Crippen LogP contribution in [0.2, 0.25) is 0 Å². The fourth-order valence-corrected chi connectivity index (χ4v) is 4.22. The van der Waals surface area contributed by atoms with Gasteiger partial charge in [0, 0.05) is 11.9 Å². The summed E-state index contributed by atoms with van der Waals surface area (Å²) in [4.78, 5) is 4.66. The predicted octanol–water partition coefficient (Wildman–Crippen LogP) is 4.45. The first kappa shape index (κ1) is 14.6. The maximum Gasteiger partial charge on any atom is 0.124 e. The molecule has 1 aliphatic rings. The Kier molecular flexibility index (Phi) is 4.30. The highest BCUT2D eigenvalue weighted by Gasteiger charge is 2.32. The summed E-state index contributed by atoms with van der Waals surface area (Å²) >= 11 is 3.74. The van der Waals surface area contributed by atoms with Crippen LogP contribution in [0.1, 0.15) is 37.9 Å². The van der Waals surface area contributed by atoms with E-state index in [0.29, 0.717) is 11.8 Å². The lowest BCUT2D eigenvalue weighted by molar-refractivity contribution is 0.192. The van der Waals surface area contributed by atoms with E-state index in [4.69, 9.17) is 5.26 Å². The molecule has 1 aromatic heterocycles. The summed E-state index contributed by atoms with van der Waals surface area (Å²) in [6, 6.07) is 10.5. The van der Waals surface area contributed by atoms with Gasteiger partial charge in [0.15, 0.2) is 0 Å². The van der Waals surface area contributed by atoms with Crippen molar-refractivity contribution < 1.29 is 0 Å². The monoisotopic (exact) mass is 345 g/mol. The van der Waals surface area contributed by atoms with Gasteiger partial charge in [-0.1, -0.05) is 47.3 Å². The van der Waals surface area contributed by atoms with E-state index >= 15 is 0 Å². The van der Waals surface area contributed by atoms with Crippen molar-refractivity contribution in [1.29, 1.82) is 5.26 Å². The molecular weight excluding hydrogens is 326 g/mol. The van der Waals surface area contributed by atoms with E-state index in [1.807, 2.05) is 12.1 Å². The first-order chi connectivity index (χ1) is 10.3. The maximum absolute atomic E-state index is 9.08. The van der Waals surface area contributed by atoms with Crippen LogP contribution in [0.3, 0.4) is 0 Å². The molecule has 0 N–H and O–H groups in total. The molecule has 1 aromatic carbocycles. The van der Waals surface area contributed by atoms with Crippen LogP contribution in [0.15, 0.2) is 24.3 Å². The third-order valence-electron chi connectivity index (χ3n) is 4.66. The van der Waals surface area contributed by atoms with E-state index in [-0.39, 0.29) is 0 Å². The third kappa shape index (κ3) is 2.85. The number of imidazole rings is 1. The van der Waals surface area contributed by atoms with E-state index in [2.05, 4.69) is 43.7 Å². The molecule has 0 aliphatic heterocycles. The van der Waals surface area contributed by atoms with E-state index < -0.39 is 0 Å². The number of nitrogens with zero attached hydrogens (tertiary/aromatic N) is 3. The van der Waals surface area contributed by atoms with Crippen molar-refractivity contribution in [2.24, 2.45) is 5.41 Å². The van der Waals surface area contributed by atoms with Crippen molar-refractivity contribution in [2.75, 3.05) is 5.33 Å². The predicted molar refractivity (Wildman–Crippen MR) is 88.4 cm³/mol. The first-order valence-electron chi connectivity index (χ1n) is 7.65. The van der Waals surface area contributed by atoms with Gasteiger partial charge in [-0.25, -0.2) is 4.98 Å². The fourth-order valence-electron chi connectivity index (χ4n) is 3.48. The molecule has 3 rings (SSSR count). The summed E-state index contributed by atoms with van der Waals surface area (Å²) in [7, 11) is 0. The second kappa shape index (κ2) is 6.19. The molecule has 0 bridgehead atoms. The highest BCUT2D eigenvalue weighted by atomic mass is 79.9. The van der Waals surface area contributed by atoms with Gasteiger partial charge < -0.3 is 4.57 Å². The van der Waals surface area contributed by atoms with Crippen LogP contribution in [0, 0.1) is 16.7 Å². The molecule has 3 nitrogen and oxygen atoms in total. The molecule has 1 heterocycles. The Morgan fingerprint density at radius 3 is 2.71 bits per heavy atom. The van der Waals surface area contributed by atoms with Gasteiger partial charge in [-0.15, -0.1) is 0 Å². The summed E-state index contributed by atoms with van der Waals surface area (Å²) in [5.41, 5.74) is 2.48. The van der Waals surface area contributed by atoms with E-state index in [9.17, 15) is 0 Å². The average Bonchev–Trinajstić information content (AvgIpc) is 2.86. The second-order valence-electron chi connectivity index (χ2n) is 6.13. The lowest BCUT2D eigenvalue weighted by Crippen LogP contribution is -2.31. The number of nitriles is 1. The Morgan fingerprint density at radius 2 is 2.00 bits per heavy atom. The highest BCUT2D eigenvalue weighted by molar-refractivity contribution is 9.09. The molecule has 1 fully saturated rings. The number of aromatic nitrogens is 2. The molecule has 21 heavy (non-hydrogen) atoms. The summed E-state index contributed by atoms with van der Waals surface area (Å²) in [6.45, 7) is 0.968. The summed E-state index contributed by atoms with van der Waals surface area (Å²) < 4.78 is 2.28. The standard InChI is InChI=1S/C17H20BrN3/c18-12-17(9-4-1-5-10-17)13-21-15-7-3-2-6-14(15)20-16(21)8-11-19/h2-3,6-7H,1,4-5,8-10,12-13H2. The van der Waals surface area contributed by atoms with Gasteiger partial charge in [0.2, 0.25) is 0 Å².